The number of carbonyl (C=O) groups is 1. The molecular formula is C18H20N2O. The molecule has 0 aromatic heterocycles. The number of nitrogens with zero attached hydrogens (tertiary/aromatic N) is 1. The van der Waals surface area contributed by atoms with Crippen LogP contribution in [-0.4, -0.2) is 12.1 Å². The first kappa shape index (κ1) is 15.0. The average molecular weight is 280 g/mol. The number of amides is 1. The Bertz CT molecular complexity index is 564. The van der Waals surface area contributed by atoms with Crippen molar-refractivity contribution in [3.05, 3.63) is 71.8 Å². The van der Waals surface area contributed by atoms with Crippen molar-refractivity contribution in [1.82, 2.24) is 5.43 Å². The molecule has 0 saturated carbocycles. The van der Waals surface area contributed by atoms with Gasteiger partial charge in [0.2, 0.25) is 5.91 Å². The summed E-state index contributed by atoms with van der Waals surface area (Å²) in [6.45, 7) is 0. The van der Waals surface area contributed by atoms with Crippen LogP contribution in [0.15, 0.2) is 65.8 Å². The summed E-state index contributed by atoms with van der Waals surface area (Å²) >= 11 is 0. The Labute approximate surface area is 125 Å². The lowest BCUT2D eigenvalue weighted by atomic mass is 10.1. The maximum atomic E-state index is 11.6. The summed E-state index contributed by atoms with van der Waals surface area (Å²) in [6, 6.07) is 20.2. The minimum atomic E-state index is -0.0465. The van der Waals surface area contributed by atoms with E-state index in [-0.39, 0.29) is 5.91 Å². The molecule has 2 aromatic carbocycles. The third kappa shape index (κ3) is 6.04. The predicted octanol–water partition coefficient (Wildman–Crippen LogP) is 3.35. The van der Waals surface area contributed by atoms with E-state index >= 15 is 0 Å². The lowest BCUT2D eigenvalue weighted by Crippen LogP contribution is -2.17. The Kier molecular flexibility index (Phi) is 6.20. The smallest absolute Gasteiger partial charge is 0.240 e. The Morgan fingerprint density at radius 2 is 1.48 bits per heavy atom. The normalized spacial score (nSPS) is 10.7. The van der Waals surface area contributed by atoms with Crippen molar-refractivity contribution in [3.63, 3.8) is 0 Å². The zero-order chi connectivity index (χ0) is 14.8. The third-order valence-electron chi connectivity index (χ3n) is 3.17. The summed E-state index contributed by atoms with van der Waals surface area (Å²) in [6.07, 6.45) is 4.72. The molecule has 0 aliphatic rings. The second kappa shape index (κ2) is 8.69. The van der Waals surface area contributed by atoms with Crippen LogP contribution in [0.5, 0.6) is 0 Å². The van der Waals surface area contributed by atoms with Gasteiger partial charge in [0.15, 0.2) is 0 Å². The summed E-state index contributed by atoms with van der Waals surface area (Å²) in [7, 11) is 0. The highest BCUT2D eigenvalue weighted by atomic mass is 16.2. The molecule has 1 N–H and O–H groups in total. The number of aryl methyl sites for hydroxylation is 2. The zero-order valence-electron chi connectivity index (χ0n) is 12.0. The van der Waals surface area contributed by atoms with Gasteiger partial charge in [0.1, 0.15) is 0 Å². The van der Waals surface area contributed by atoms with Crippen molar-refractivity contribution >= 4 is 12.1 Å². The van der Waals surface area contributed by atoms with E-state index in [2.05, 4.69) is 22.7 Å². The molecule has 108 valence electrons. The van der Waals surface area contributed by atoms with Crippen molar-refractivity contribution in [2.24, 2.45) is 5.10 Å². The maximum Gasteiger partial charge on any atom is 0.240 e. The molecule has 2 aromatic rings. The summed E-state index contributed by atoms with van der Waals surface area (Å²) < 4.78 is 0. The van der Waals surface area contributed by atoms with E-state index in [1.165, 1.54) is 11.1 Å². The van der Waals surface area contributed by atoms with Crippen LogP contribution in [0.3, 0.4) is 0 Å². The molecule has 0 heterocycles. The molecule has 0 aliphatic carbocycles. The van der Waals surface area contributed by atoms with Gasteiger partial charge in [-0.1, -0.05) is 60.7 Å². The largest absolute Gasteiger partial charge is 0.273 e. The number of benzene rings is 2. The van der Waals surface area contributed by atoms with Crippen molar-refractivity contribution < 1.29 is 4.79 Å². The quantitative estimate of drug-likeness (QED) is 0.613. The van der Waals surface area contributed by atoms with Crippen LogP contribution in [0.4, 0.5) is 0 Å². The average Bonchev–Trinajstić information content (AvgIpc) is 2.54. The highest BCUT2D eigenvalue weighted by Gasteiger charge is 1.99. The van der Waals surface area contributed by atoms with Crippen LogP contribution in [0.1, 0.15) is 24.0 Å². The van der Waals surface area contributed by atoms with Crippen molar-refractivity contribution in [2.45, 2.75) is 25.7 Å². The molecule has 0 fully saturated rings. The lowest BCUT2D eigenvalue weighted by molar-refractivity contribution is -0.121. The van der Waals surface area contributed by atoms with E-state index in [4.69, 9.17) is 0 Å². The molecule has 0 unspecified atom stereocenters. The van der Waals surface area contributed by atoms with Gasteiger partial charge in [0.05, 0.1) is 0 Å². The summed E-state index contributed by atoms with van der Waals surface area (Å²) in [4.78, 5) is 11.6. The molecule has 0 radical (unpaired) electrons. The first-order valence-corrected chi connectivity index (χ1v) is 7.23. The van der Waals surface area contributed by atoms with Crippen LogP contribution < -0.4 is 5.43 Å². The Morgan fingerprint density at radius 1 is 0.905 bits per heavy atom. The molecule has 1 amide bonds. The zero-order valence-corrected chi connectivity index (χ0v) is 12.0. The molecule has 0 saturated heterocycles. The highest BCUT2D eigenvalue weighted by molar-refractivity contribution is 5.76. The van der Waals surface area contributed by atoms with E-state index in [0.717, 1.165) is 19.3 Å². The van der Waals surface area contributed by atoms with Crippen LogP contribution in [0.25, 0.3) is 0 Å². The van der Waals surface area contributed by atoms with Gasteiger partial charge in [-0.05, 0) is 30.4 Å². The molecule has 0 spiro atoms. The van der Waals surface area contributed by atoms with Crippen LogP contribution in [0.2, 0.25) is 0 Å². The second-order valence-electron chi connectivity index (χ2n) is 4.86. The van der Waals surface area contributed by atoms with E-state index in [9.17, 15) is 4.79 Å². The Hall–Kier alpha value is -2.42. The van der Waals surface area contributed by atoms with Crippen molar-refractivity contribution in [1.29, 1.82) is 0 Å². The summed E-state index contributed by atoms with van der Waals surface area (Å²) in [5.74, 6) is -0.0465. The molecule has 0 bridgehead atoms. The van der Waals surface area contributed by atoms with Gasteiger partial charge in [0, 0.05) is 12.6 Å². The van der Waals surface area contributed by atoms with Gasteiger partial charge in [-0.25, -0.2) is 5.43 Å². The Morgan fingerprint density at radius 3 is 2.10 bits per heavy atom. The number of hydrogen-bond acceptors (Lipinski definition) is 2. The number of nitrogens with one attached hydrogen (secondary N) is 1. The highest BCUT2D eigenvalue weighted by Crippen LogP contribution is 2.02. The SMILES string of the molecule is O=C(CCc1ccccc1)N/N=C/CCc1ccccc1. The van der Waals surface area contributed by atoms with Gasteiger partial charge in [0.25, 0.3) is 0 Å². The maximum absolute atomic E-state index is 11.6. The van der Waals surface area contributed by atoms with E-state index < -0.39 is 0 Å². The van der Waals surface area contributed by atoms with Gasteiger partial charge in [-0.15, -0.1) is 0 Å². The number of hydrazone groups is 1. The van der Waals surface area contributed by atoms with Crippen LogP contribution >= 0.6 is 0 Å². The molecule has 21 heavy (non-hydrogen) atoms. The molecule has 0 atom stereocenters. The Balaban J connectivity index is 1.61. The molecule has 3 heteroatoms. The summed E-state index contributed by atoms with van der Waals surface area (Å²) in [5.41, 5.74) is 5.01. The minimum Gasteiger partial charge on any atom is -0.273 e. The van der Waals surface area contributed by atoms with E-state index in [0.29, 0.717) is 6.42 Å². The third-order valence-corrected chi connectivity index (χ3v) is 3.17. The predicted molar refractivity (Wildman–Crippen MR) is 86.2 cm³/mol. The van der Waals surface area contributed by atoms with Crippen LogP contribution in [0, 0.1) is 0 Å². The fourth-order valence-corrected chi connectivity index (χ4v) is 2.02. The lowest BCUT2D eigenvalue weighted by Gasteiger charge is -2.00. The van der Waals surface area contributed by atoms with Crippen LogP contribution in [-0.2, 0) is 17.6 Å². The van der Waals surface area contributed by atoms with E-state index in [1.807, 2.05) is 48.5 Å². The molecule has 2 rings (SSSR count). The molecule has 3 nitrogen and oxygen atoms in total. The fourth-order valence-electron chi connectivity index (χ4n) is 2.02. The molecule has 0 aliphatic heterocycles. The number of carbonyl (C=O) groups excluding carboxylic acids is 1. The fraction of sp³-hybridized carbons (Fsp3) is 0.222. The monoisotopic (exact) mass is 280 g/mol. The van der Waals surface area contributed by atoms with Gasteiger partial charge in [-0.2, -0.15) is 5.10 Å². The van der Waals surface area contributed by atoms with E-state index in [1.54, 1.807) is 6.21 Å². The first-order valence-electron chi connectivity index (χ1n) is 7.23. The van der Waals surface area contributed by atoms with Crippen molar-refractivity contribution in [3.8, 4) is 0 Å². The van der Waals surface area contributed by atoms with Gasteiger partial charge >= 0.3 is 0 Å². The van der Waals surface area contributed by atoms with Gasteiger partial charge in [-0.3, -0.25) is 4.79 Å². The second-order valence-corrected chi connectivity index (χ2v) is 4.86. The minimum absolute atomic E-state index is 0.0465. The molecular weight excluding hydrogens is 260 g/mol. The first-order chi connectivity index (χ1) is 10.3. The number of hydrogen-bond donors (Lipinski definition) is 1. The summed E-state index contributed by atoms with van der Waals surface area (Å²) in [5, 5.41) is 3.97. The topological polar surface area (TPSA) is 41.5 Å². The standard InChI is InChI=1S/C18H20N2O/c21-18(14-13-17-10-5-2-6-11-17)20-19-15-7-12-16-8-3-1-4-9-16/h1-6,8-11,15H,7,12-14H2,(H,20,21)/b19-15+. The van der Waals surface area contributed by atoms with Crippen molar-refractivity contribution in [2.75, 3.05) is 0 Å². The van der Waals surface area contributed by atoms with Gasteiger partial charge < -0.3 is 0 Å². The number of rotatable bonds is 7.